The molecule has 0 N–H and O–H groups in total. The number of ether oxygens (including phenoxy) is 1. The third kappa shape index (κ3) is 11.8. The Morgan fingerprint density at radius 1 is 0.936 bits per heavy atom. The number of piperazine rings is 1. The Balaban J connectivity index is 0.000000520. The number of hydrogen-bond acceptors (Lipinski definition) is 5. The molecule has 0 radical (unpaired) electrons. The van der Waals surface area contributed by atoms with Gasteiger partial charge in [0.25, 0.3) is 0 Å². The summed E-state index contributed by atoms with van der Waals surface area (Å²) in [6.07, 6.45) is 5.33. The summed E-state index contributed by atoms with van der Waals surface area (Å²) >= 11 is 0. The zero-order valence-electron chi connectivity index (χ0n) is 29.5. The van der Waals surface area contributed by atoms with Gasteiger partial charge in [0.2, 0.25) is 0 Å². The number of halogens is 1. The van der Waals surface area contributed by atoms with Gasteiger partial charge in [0, 0.05) is 56.2 Å². The largest absolute Gasteiger partial charge is 0.489 e. The Labute approximate surface area is 282 Å². The Hall–Kier alpha value is -3.77. The van der Waals surface area contributed by atoms with Crippen molar-refractivity contribution in [3.63, 3.8) is 0 Å². The van der Waals surface area contributed by atoms with Gasteiger partial charge in [-0.25, -0.2) is 4.39 Å². The molecule has 5 nitrogen and oxygen atoms in total. The Kier molecular flexibility index (Phi) is 15.4. The topological polar surface area (TPSA) is 49.9 Å². The number of Topliss-reactive ketones (excluding diaryl/α,β-unsaturated/α-hetero) is 2. The zero-order chi connectivity index (χ0) is 34.3. The van der Waals surface area contributed by atoms with Crippen LogP contribution in [0.15, 0.2) is 72.8 Å². The van der Waals surface area contributed by atoms with Crippen molar-refractivity contribution in [2.45, 2.75) is 93.2 Å². The van der Waals surface area contributed by atoms with E-state index in [1.807, 2.05) is 51.1 Å². The molecule has 0 amide bonds. The number of anilines is 1. The molecule has 254 valence electrons. The number of hydrogen-bond donors (Lipinski definition) is 0. The molecule has 1 aliphatic rings. The van der Waals surface area contributed by atoms with E-state index in [9.17, 15) is 14.0 Å². The van der Waals surface area contributed by atoms with E-state index in [1.165, 1.54) is 11.1 Å². The molecule has 1 heterocycles. The summed E-state index contributed by atoms with van der Waals surface area (Å²) < 4.78 is 20.5. The first-order chi connectivity index (χ1) is 22.6. The van der Waals surface area contributed by atoms with Gasteiger partial charge in [0.1, 0.15) is 24.0 Å². The highest BCUT2D eigenvalue weighted by Crippen LogP contribution is 2.27. The van der Waals surface area contributed by atoms with Gasteiger partial charge in [-0.3, -0.25) is 9.69 Å². The van der Waals surface area contributed by atoms with Crippen LogP contribution < -0.4 is 9.64 Å². The predicted molar refractivity (Wildman–Crippen MR) is 193 cm³/mol. The highest BCUT2D eigenvalue weighted by Gasteiger charge is 2.21. The molecule has 0 bridgehead atoms. The maximum Gasteiger partial charge on any atom is 0.166 e. The fourth-order valence-corrected chi connectivity index (χ4v) is 5.69. The smallest absolute Gasteiger partial charge is 0.166 e. The maximum atomic E-state index is 14.4. The molecule has 1 unspecified atom stereocenters. The predicted octanol–water partition coefficient (Wildman–Crippen LogP) is 9.54. The van der Waals surface area contributed by atoms with Crippen LogP contribution in [0, 0.1) is 18.7 Å². The molecule has 0 saturated carbocycles. The fraction of sp³-hybridized carbons (Fsp3) is 0.463. The number of carbonyl (C=O) groups is 2. The van der Waals surface area contributed by atoms with Crippen molar-refractivity contribution in [3.8, 4) is 5.75 Å². The molecular formula is C41H55FN2O3. The lowest BCUT2D eigenvalue weighted by Crippen LogP contribution is -2.46. The second-order valence-corrected chi connectivity index (χ2v) is 12.8. The minimum atomic E-state index is -0.133. The van der Waals surface area contributed by atoms with E-state index in [2.05, 4.69) is 54.5 Å². The lowest BCUT2D eigenvalue weighted by molar-refractivity contribution is -0.117. The van der Waals surface area contributed by atoms with Gasteiger partial charge in [0.05, 0.1) is 5.69 Å². The van der Waals surface area contributed by atoms with Crippen LogP contribution in [0.5, 0.6) is 5.75 Å². The summed E-state index contributed by atoms with van der Waals surface area (Å²) in [4.78, 5) is 27.9. The molecule has 1 saturated heterocycles. The average Bonchev–Trinajstić information content (AvgIpc) is 3.07. The van der Waals surface area contributed by atoms with E-state index in [0.29, 0.717) is 18.7 Å². The van der Waals surface area contributed by atoms with Crippen LogP contribution in [0.1, 0.15) is 99.3 Å². The van der Waals surface area contributed by atoms with E-state index in [-0.39, 0.29) is 23.3 Å². The number of nitrogens with zero attached hydrogens (tertiary/aromatic N) is 2. The van der Waals surface area contributed by atoms with Gasteiger partial charge >= 0.3 is 0 Å². The Morgan fingerprint density at radius 2 is 1.62 bits per heavy atom. The third-order valence-electron chi connectivity index (χ3n) is 9.01. The van der Waals surface area contributed by atoms with E-state index >= 15 is 0 Å². The highest BCUT2D eigenvalue weighted by atomic mass is 19.1. The van der Waals surface area contributed by atoms with Gasteiger partial charge in [-0.05, 0) is 80.8 Å². The average molecular weight is 643 g/mol. The maximum absolute atomic E-state index is 14.4. The minimum Gasteiger partial charge on any atom is -0.489 e. The molecule has 3 aromatic rings. The van der Waals surface area contributed by atoms with Crippen LogP contribution in [0.4, 0.5) is 10.1 Å². The summed E-state index contributed by atoms with van der Waals surface area (Å²) in [5, 5.41) is 0. The number of rotatable bonds is 15. The van der Waals surface area contributed by atoms with E-state index in [1.54, 1.807) is 13.0 Å². The number of aryl methyl sites for hydroxylation is 1. The molecule has 47 heavy (non-hydrogen) atoms. The van der Waals surface area contributed by atoms with Crippen LogP contribution in [-0.2, 0) is 24.4 Å². The first-order valence-corrected chi connectivity index (χ1v) is 17.3. The minimum absolute atomic E-state index is 0.0137. The van der Waals surface area contributed by atoms with Crippen molar-refractivity contribution in [2.75, 3.05) is 31.1 Å². The lowest BCUT2D eigenvalue weighted by Gasteiger charge is -2.36. The molecule has 6 heteroatoms. The fourth-order valence-electron chi connectivity index (χ4n) is 5.69. The molecule has 1 atom stereocenters. The van der Waals surface area contributed by atoms with Crippen molar-refractivity contribution in [1.82, 2.24) is 4.90 Å². The summed E-state index contributed by atoms with van der Waals surface area (Å²) in [6, 6.07) is 19.8. The Morgan fingerprint density at radius 3 is 2.21 bits per heavy atom. The molecule has 0 aliphatic carbocycles. The molecule has 4 rings (SSSR count). The van der Waals surface area contributed by atoms with Gasteiger partial charge in [-0.2, -0.15) is 0 Å². The van der Waals surface area contributed by atoms with Crippen LogP contribution in [0.25, 0.3) is 0 Å². The number of allylic oxidation sites excluding steroid dienone is 1. The van der Waals surface area contributed by atoms with Crippen LogP contribution in [-0.4, -0.2) is 42.6 Å². The zero-order valence-corrected chi connectivity index (χ0v) is 29.5. The van der Waals surface area contributed by atoms with Gasteiger partial charge in [-0.1, -0.05) is 82.3 Å². The standard InChI is InChI=1S/C32H39FN2O2.C9H16O/c1-5-24(4)32(36)28-8-7-9-31(27(28)6-2)37-22-26-13-11-25(12-14-26)21-34-16-18-35(19-17-34)30-15-10-23(3)20-29(30)33;1-4-8(2)6-5-7-9(3)10/h7-15,20,24H,5-6,16-19,21-22H2,1-4H3;2,4-7H2,1,3H3. The first kappa shape index (κ1) is 37.7. The molecule has 0 spiro atoms. The second kappa shape index (κ2) is 19.1. The number of ketones is 2. The molecule has 1 fully saturated rings. The first-order valence-electron chi connectivity index (χ1n) is 17.3. The van der Waals surface area contributed by atoms with Crippen LogP contribution >= 0.6 is 0 Å². The van der Waals surface area contributed by atoms with Gasteiger partial charge < -0.3 is 14.4 Å². The molecular weight excluding hydrogens is 587 g/mol. The summed E-state index contributed by atoms with van der Waals surface area (Å²) in [6.45, 7) is 20.4. The van der Waals surface area contributed by atoms with Crippen molar-refractivity contribution in [1.29, 1.82) is 0 Å². The Bertz CT molecular complexity index is 1460. The van der Waals surface area contributed by atoms with Crippen molar-refractivity contribution >= 4 is 17.3 Å². The number of carbonyl (C=O) groups excluding carboxylic acids is 2. The van der Waals surface area contributed by atoms with E-state index < -0.39 is 0 Å². The van der Waals surface area contributed by atoms with Gasteiger partial charge in [-0.15, -0.1) is 0 Å². The van der Waals surface area contributed by atoms with Crippen LogP contribution in [0.3, 0.4) is 0 Å². The van der Waals surface area contributed by atoms with E-state index in [0.717, 1.165) is 92.8 Å². The lowest BCUT2D eigenvalue weighted by atomic mass is 9.92. The third-order valence-corrected chi connectivity index (χ3v) is 9.01. The second-order valence-electron chi connectivity index (χ2n) is 12.8. The SMILES string of the molecule is C=C(CC)CCCC(C)=O.CCc1c(OCc2ccc(CN3CCN(c4ccc(C)cc4F)CC3)cc2)cccc1C(=O)C(C)CC. The van der Waals surface area contributed by atoms with Gasteiger partial charge in [0.15, 0.2) is 5.78 Å². The summed E-state index contributed by atoms with van der Waals surface area (Å²) in [5.74, 6) is 1.15. The monoisotopic (exact) mass is 642 g/mol. The molecule has 3 aromatic carbocycles. The van der Waals surface area contributed by atoms with E-state index in [4.69, 9.17) is 4.74 Å². The highest BCUT2D eigenvalue weighted by molar-refractivity contribution is 5.99. The van der Waals surface area contributed by atoms with Crippen molar-refractivity contribution in [2.24, 2.45) is 5.92 Å². The molecule has 0 aromatic heterocycles. The normalized spacial score (nSPS) is 13.8. The summed E-state index contributed by atoms with van der Waals surface area (Å²) in [7, 11) is 0. The van der Waals surface area contributed by atoms with Crippen molar-refractivity contribution < 1.29 is 18.7 Å². The quantitative estimate of drug-likeness (QED) is 0.122. The number of benzene rings is 3. The van der Waals surface area contributed by atoms with Crippen LogP contribution in [0.2, 0.25) is 0 Å². The molecule has 1 aliphatic heterocycles. The van der Waals surface area contributed by atoms with Crippen molar-refractivity contribution in [3.05, 3.63) is 106 Å². The summed E-state index contributed by atoms with van der Waals surface area (Å²) in [5.41, 5.74) is 7.05.